The third kappa shape index (κ3) is 3.45. The summed E-state index contributed by atoms with van der Waals surface area (Å²) in [6.45, 7) is 1.79. The third-order valence-corrected chi connectivity index (χ3v) is 4.86. The van der Waals surface area contributed by atoms with Gasteiger partial charge in [-0.3, -0.25) is 14.4 Å². The fourth-order valence-corrected chi connectivity index (χ4v) is 3.38. The molecular formula is C16H16N4O4S. The van der Waals surface area contributed by atoms with Crippen LogP contribution in [0.25, 0.3) is 10.2 Å². The second kappa shape index (κ2) is 6.89. The lowest BCUT2D eigenvalue weighted by molar-refractivity contribution is -0.120. The van der Waals surface area contributed by atoms with Crippen LogP contribution in [0.5, 0.6) is 0 Å². The van der Waals surface area contributed by atoms with E-state index < -0.39 is 5.91 Å². The van der Waals surface area contributed by atoms with Gasteiger partial charge in [-0.1, -0.05) is 0 Å². The van der Waals surface area contributed by atoms with Crippen LogP contribution in [0.3, 0.4) is 0 Å². The number of nitrogens with zero attached hydrogens (tertiary/aromatic N) is 2. The van der Waals surface area contributed by atoms with E-state index in [4.69, 9.17) is 4.42 Å². The zero-order valence-corrected chi connectivity index (χ0v) is 14.5. The number of amides is 2. The molecule has 0 saturated carbocycles. The number of fused-ring (bicyclic) bond motifs is 1. The Hall–Kier alpha value is -2.94. The molecule has 0 fully saturated rings. The summed E-state index contributed by atoms with van der Waals surface area (Å²) in [6, 6.07) is 3.47. The van der Waals surface area contributed by atoms with Gasteiger partial charge in [0.15, 0.2) is 0 Å². The van der Waals surface area contributed by atoms with E-state index in [-0.39, 0.29) is 24.6 Å². The number of hydrogen-bond acceptors (Lipinski definition) is 6. The van der Waals surface area contributed by atoms with Gasteiger partial charge in [0, 0.05) is 7.05 Å². The molecule has 2 N–H and O–H groups in total. The van der Waals surface area contributed by atoms with Crippen LogP contribution < -0.4 is 16.2 Å². The van der Waals surface area contributed by atoms with E-state index in [9.17, 15) is 14.4 Å². The van der Waals surface area contributed by atoms with E-state index in [0.29, 0.717) is 26.4 Å². The zero-order chi connectivity index (χ0) is 18.0. The van der Waals surface area contributed by atoms with Gasteiger partial charge in [0.2, 0.25) is 5.91 Å². The van der Waals surface area contributed by atoms with Crippen molar-refractivity contribution in [1.82, 2.24) is 20.2 Å². The molecule has 0 radical (unpaired) electrons. The van der Waals surface area contributed by atoms with Gasteiger partial charge in [-0.15, -0.1) is 11.3 Å². The van der Waals surface area contributed by atoms with Gasteiger partial charge >= 0.3 is 0 Å². The molecule has 3 heterocycles. The molecule has 8 nitrogen and oxygen atoms in total. The molecule has 0 bridgehead atoms. The predicted octanol–water partition coefficient (Wildman–Crippen LogP) is 0.943. The van der Waals surface area contributed by atoms with E-state index in [1.165, 1.54) is 17.2 Å². The number of carbonyl (C=O) groups is 2. The van der Waals surface area contributed by atoms with E-state index in [2.05, 4.69) is 15.6 Å². The topological polar surface area (TPSA) is 106 Å². The number of hydrogen-bond donors (Lipinski definition) is 2. The number of furan rings is 1. The van der Waals surface area contributed by atoms with E-state index >= 15 is 0 Å². The van der Waals surface area contributed by atoms with Crippen LogP contribution >= 0.6 is 11.3 Å². The Labute approximate surface area is 146 Å². The van der Waals surface area contributed by atoms with E-state index in [0.717, 1.165) is 11.3 Å². The molecular weight excluding hydrogens is 344 g/mol. The number of thiophene rings is 1. The monoisotopic (exact) mass is 360 g/mol. The molecule has 25 heavy (non-hydrogen) atoms. The Balaban J connectivity index is 1.66. The number of carbonyl (C=O) groups excluding carboxylic acids is 2. The highest BCUT2D eigenvalue weighted by atomic mass is 32.1. The van der Waals surface area contributed by atoms with Gasteiger partial charge < -0.3 is 19.6 Å². The minimum Gasteiger partial charge on any atom is -0.467 e. The van der Waals surface area contributed by atoms with Gasteiger partial charge in [0.05, 0.1) is 35.9 Å². The van der Waals surface area contributed by atoms with Crippen LogP contribution in [-0.2, 0) is 18.4 Å². The fourth-order valence-electron chi connectivity index (χ4n) is 2.33. The van der Waals surface area contributed by atoms with Crippen molar-refractivity contribution in [3.05, 3.63) is 51.3 Å². The van der Waals surface area contributed by atoms with E-state index in [1.807, 2.05) is 0 Å². The lowest BCUT2D eigenvalue weighted by atomic mass is 10.2. The molecule has 0 saturated heterocycles. The van der Waals surface area contributed by atoms with Crippen LogP contribution in [0.2, 0.25) is 0 Å². The van der Waals surface area contributed by atoms with E-state index in [1.54, 1.807) is 26.1 Å². The molecule has 0 atom stereocenters. The molecule has 3 aromatic heterocycles. The first-order valence-corrected chi connectivity index (χ1v) is 8.31. The summed E-state index contributed by atoms with van der Waals surface area (Å²) in [6.07, 6.45) is 2.94. The molecule has 9 heteroatoms. The quantitative estimate of drug-likeness (QED) is 0.704. The summed E-state index contributed by atoms with van der Waals surface area (Å²) in [5.41, 5.74) is 0.371. The zero-order valence-electron chi connectivity index (χ0n) is 13.7. The number of aromatic nitrogens is 2. The highest BCUT2D eigenvalue weighted by molar-refractivity contribution is 7.20. The average molecular weight is 360 g/mol. The second-order valence-corrected chi connectivity index (χ2v) is 6.43. The maximum atomic E-state index is 12.3. The normalized spacial score (nSPS) is 10.8. The minimum atomic E-state index is -0.407. The van der Waals surface area contributed by atoms with Crippen LogP contribution in [0, 0.1) is 6.92 Å². The van der Waals surface area contributed by atoms with Crippen molar-refractivity contribution >= 4 is 33.4 Å². The largest absolute Gasteiger partial charge is 0.467 e. The number of nitrogens with one attached hydrogen (secondary N) is 2. The average Bonchev–Trinajstić information content (AvgIpc) is 3.22. The molecule has 0 aliphatic rings. The fraction of sp³-hybridized carbons (Fsp3) is 0.250. The van der Waals surface area contributed by atoms with Gasteiger partial charge in [0.1, 0.15) is 10.6 Å². The standard InChI is InChI=1S/C16H16N4O4S/c1-9-12-15(19-8-20(2)16(12)23)25-13(9)14(22)18-7-11(21)17-6-10-4-3-5-24-10/h3-5,8H,6-7H2,1-2H3,(H,17,21)(H,18,22). The summed E-state index contributed by atoms with van der Waals surface area (Å²) < 4.78 is 6.48. The van der Waals surface area contributed by atoms with Crippen molar-refractivity contribution in [2.45, 2.75) is 13.5 Å². The molecule has 0 spiro atoms. The smallest absolute Gasteiger partial charge is 0.262 e. The van der Waals surface area contributed by atoms with Crippen molar-refractivity contribution in [2.24, 2.45) is 7.05 Å². The SMILES string of the molecule is Cc1c(C(=O)NCC(=O)NCc2ccco2)sc2ncn(C)c(=O)c12. The number of rotatable bonds is 5. The van der Waals surface area contributed by atoms with Crippen molar-refractivity contribution in [3.8, 4) is 0 Å². The van der Waals surface area contributed by atoms with Gasteiger partial charge in [-0.25, -0.2) is 4.98 Å². The molecule has 3 aromatic rings. The van der Waals surface area contributed by atoms with Gasteiger partial charge in [0.25, 0.3) is 11.5 Å². The van der Waals surface area contributed by atoms with Gasteiger partial charge in [-0.05, 0) is 24.6 Å². The van der Waals surface area contributed by atoms with Crippen molar-refractivity contribution in [1.29, 1.82) is 0 Å². The lowest BCUT2D eigenvalue weighted by Crippen LogP contribution is -2.36. The Morgan fingerprint density at radius 1 is 1.36 bits per heavy atom. The number of aryl methyl sites for hydroxylation is 2. The Morgan fingerprint density at radius 2 is 2.16 bits per heavy atom. The maximum Gasteiger partial charge on any atom is 0.262 e. The summed E-state index contributed by atoms with van der Waals surface area (Å²) >= 11 is 1.13. The molecule has 0 aliphatic carbocycles. The first kappa shape index (κ1) is 16.9. The summed E-state index contributed by atoms with van der Waals surface area (Å²) in [4.78, 5) is 41.4. The van der Waals surface area contributed by atoms with Crippen LogP contribution in [0.1, 0.15) is 21.0 Å². The third-order valence-electron chi connectivity index (χ3n) is 3.67. The molecule has 0 aromatic carbocycles. The van der Waals surface area contributed by atoms with Crippen molar-refractivity contribution in [3.63, 3.8) is 0 Å². The van der Waals surface area contributed by atoms with Crippen LogP contribution in [-0.4, -0.2) is 27.9 Å². The minimum absolute atomic E-state index is 0.168. The summed E-state index contributed by atoms with van der Waals surface area (Å²) in [5.74, 6) is -0.116. The van der Waals surface area contributed by atoms with Crippen LogP contribution in [0.4, 0.5) is 0 Å². The van der Waals surface area contributed by atoms with Crippen molar-refractivity contribution in [2.75, 3.05) is 6.54 Å². The van der Waals surface area contributed by atoms with Crippen LogP contribution in [0.15, 0.2) is 33.9 Å². The highest BCUT2D eigenvalue weighted by Gasteiger charge is 2.19. The van der Waals surface area contributed by atoms with Gasteiger partial charge in [-0.2, -0.15) is 0 Å². The Kier molecular flexibility index (Phi) is 4.66. The summed E-state index contributed by atoms with van der Waals surface area (Å²) in [5, 5.41) is 5.63. The molecule has 0 aliphatic heterocycles. The maximum absolute atomic E-state index is 12.3. The first-order valence-electron chi connectivity index (χ1n) is 7.49. The Bertz CT molecular complexity index is 988. The first-order chi connectivity index (χ1) is 12.0. The predicted molar refractivity (Wildman–Crippen MR) is 92.5 cm³/mol. The summed E-state index contributed by atoms with van der Waals surface area (Å²) in [7, 11) is 1.61. The highest BCUT2D eigenvalue weighted by Crippen LogP contribution is 2.26. The molecule has 0 unspecified atom stereocenters. The Morgan fingerprint density at radius 3 is 2.88 bits per heavy atom. The van der Waals surface area contributed by atoms with Crippen molar-refractivity contribution < 1.29 is 14.0 Å². The molecule has 2 amide bonds. The lowest BCUT2D eigenvalue weighted by Gasteiger charge is -2.05. The second-order valence-electron chi connectivity index (χ2n) is 5.44. The molecule has 3 rings (SSSR count). The molecule has 130 valence electrons.